The lowest BCUT2D eigenvalue weighted by Gasteiger charge is -2.26. The highest BCUT2D eigenvalue weighted by atomic mass is 16.1. The summed E-state index contributed by atoms with van der Waals surface area (Å²) in [4.78, 5) is 10.1. The van der Waals surface area contributed by atoms with Crippen LogP contribution in [0.5, 0.6) is 0 Å². The summed E-state index contributed by atoms with van der Waals surface area (Å²) < 4.78 is 1.79. The number of aromatic nitrogens is 2. The Morgan fingerprint density at radius 1 is 1.69 bits per heavy atom. The summed E-state index contributed by atoms with van der Waals surface area (Å²) in [6.07, 6.45) is 4.10. The molecule has 0 saturated heterocycles. The number of nitrogens with one attached hydrogen (secondary N) is 1. The molecule has 1 aliphatic carbocycles. The zero-order valence-electron chi connectivity index (χ0n) is 7.23. The van der Waals surface area contributed by atoms with Crippen LogP contribution < -0.4 is 11.1 Å². The fraction of sp³-hybridized carbons (Fsp3) is 0.500. The summed E-state index contributed by atoms with van der Waals surface area (Å²) in [5.74, 6) is 1.15. The molecule has 1 aliphatic rings. The van der Waals surface area contributed by atoms with E-state index in [0.717, 1.165) is 12.8 Å². The molecule has 0 unspecified atom stereocenters. The van der Waals surface area contributed by atoms with Crippen molar-refractivity contribution in [2.75, 3.05) is 11.1 Å². The van der Waals surface area contributed by atoms with Crippen LogP contribution in [0.25, 0.3) is 0 Å². The normalized spacial score (nSPS) is 16.6. The molecule has 70 valence electrons. The highest BCUT2D eigenvalue weighted by Crippen LogP contribution is 2.33. The van der Waals surface area contributed by atoms with Crippen molar-refractivity contribution in [1.29, 1.82) is 0 Å². The number of carbonyl (C=O) groups is 1. The average molecular weight is 180 g/mol. The molecular weight excluding hydrogens is 168 g/mol. The molecule has 1 amide bonds. The molecule has 1 fully saturated rings. The van der Waals surface area contributed by atoms with E-state index in [-0.39, 0.29) is 0 Å². The first-order chi connectivity index (χ1) is 6.31. The lowest BCUT2D eigenvalue weighted by molar-refractivity contribution is -0.105. The van der Waals surface area contributed by atoms with Gasteiger partial charge in [0.05, 0.1) is 6.04 Å². The minimum atomic E-state index is 0.433. The molecule has 0 radical (unpaired) electrons. The number of nitrogens with two attached hydrogens (primary N) is 1. The Balaban J connectivity index is 2.19. The van der Waals surface area contributed by atoms with E-state index in [9.17, 15) is 4.79 Å². The van der Waals surface area contributed by atoms with Gasteiger partial charge in [-0.3, -0.25) is 4.79 Å². The van der Waals surface area contributed by atoms with Gasteiger partial charge in [0.1, 0.15) is 5.82 Å². The maximum absolute atomic E-state index is 10.1. The van der Waals surface area contributed by atoms with Crippen LogP contribution in [0.2, 0.25) is 0 Å². The lowest BCUT2D eigenvalue weighted by atomic mass is 9.93. The standard InChI is InChI=1S/C8H12N4O/c9-7-4-8(10-5-13)11-12(7)6-2-1-3-6/h4-6H,1-3,9H2,(H,10,11,13). The highest BCUT2D eigenvalue weighted by molar-refractivity contribution is 5.69. The van der Waals surface area contributed by atoms with Gasteiger partial charge in [0, 0.05) is 6.07 Å². The van der Waals surface area contributed by atoms with Crippen LogP contribution in [-0.2, 0) is 4.79 Å². The molecule has 5 heteroatoms. The number of hydrogen-bond acceptors (Lipinski definition) is 3. The van der Waals surface area contributed by atoms with Gasteiger partial charge in [-0.15, -0.1) is 0 Å². The Morgan fingerprint density at radius 3 is 3.00 bits per heavy atom. The van der Waals surface area contributed by atoms with Crippen molar-refractivity contribution in [2.45, 2.75) is 25.3 Å². The van der Waals surface area contributed by atoms with E-state index in [0.29, 0.717) is 24.1 Å². The molecule has 0 aromatic carbocycles. The van der Waals surface area contributed by atoms with Crippen molar-refractivity contribution in [3.63, 3.8) is 0 Å². The minimum Gasteiger partial charge on any atom is -0.384 e. The summed E-state index contributed by atoms with van der Waals surface area (Å²) in [5.41, 5.74) is 5.73. The molecule has 1 heterocycles. The van der Waals surface area contributed by atoms with Crippen molar-refractivity contribution in [3.8, 4) is 0 Å². The van der Waals surface area contributed by atoms with Gasteiger partial charge >= 0.3 is 0 Å². The van der Waals surface area contributed by atoms with Crippen LogP contribution in [-0.4, -0.2) is 16.2 Å². The van der Waals surface area contributed by atoms with Crippen molar-refractivity contribution >= 4 is 18.0 Å². The minimum absolute atomic E-state index is 0.433. The maximum atomic E-state index is 10.1. The second kappa shape index (κ2) is 3.08. The van der Waals surface area contributed by atoms with E-state index >= 15 is 0 Å². The Labute approximate surface area is 75.9 Å². The second-order valence-corrected chi connectivity index (χ2v) is 3.25. The number of amides is 1. The van der Waals surface area contributed by atoms with E-state index < -0.39 is 0 Å². The highest BCUT2D eigenvalue weighted by Gasteiger charge is 2.22. The van der Waals surface area contributed by atoms with E-state index in [1.807, 2.05) is 0 Å². The maximum Gasteiger partial charge on any atom is 0.212 e. The van der Waals surface area contributed by atoms with Crippen molar-refractivity contribution in [1.82, 2.24) is 9.78 Å². The van der Waals surface area contributed by atoms with Gasteiger partial charge in [-0.1, -0.05) is 0 Å². The monoisotopic (exact) mass is 180 g/mol. The topological polar surface area (TPSA) is 72.9 Å². The van der Waals surface area contributed by atoms with Crippen molar-refractivity contribution in [2.24, 2.45) is 0 Å². The number of nitrogen functional groups attached to an aromatic ring is 1. The van der Waals surface area contributed by atoms with Gasteiger partial charge in [0.15, 0.2) is 5.82 Å². The largest absolute Gasteiger partial charge is 0.384 e. The fourth-order valence-electron chi connectivity index (χ4n) is 1.46. The van der Waals surface area contributed by atoms with E-state index in [1.54, 1.807) is 10.7 Å². The van der Waals surface area contributed by atoms with Crippen molar-refractivity contribution in [3.05, 3.63) is 6.07 Å². The zero-order valence-corrected chi connectivity index (χ0v) is 7.23. The van der Waals surface area contributed by atoms with Gasteiger partial charge in [-0.2, -0.15) is 5.10 Å². The number of nitrogens with zero attached hydrogens (tertiary/aromatic N) is 2. The Kier molecular flexibility index (Phi) is 1.92. The molecule has 1 aromatic rings. The smallest absolute Gasteiger partial charge is 0.212 e. The molecule has 2 rings (SSSR count). The summed E-state index contributed by atoms with van der Waals surface area (Å²) in [7, 11) is 0. The number of anilines is 2. The Hall–Kier alpha value is -1.52. The summed E-state index contributed by atoms with van der Waals surface area (Å²) in [6, 6.07) is 2.11. The predicted octanol–water partition coefficient (Wildman–Crippen LogP) is 0.759. The SMILES string of the molecule is Nc1cc(NC=O)nn1C1CCC1. The summed E-state index contributed by atoms with van der Waals surface area (Å²) >= 11 is 0. The number of rotatable bonds is 3. The van der Waals surface area contributed by atoms with Crippen LogP contribution >= 0.6 is 0 Å². The van der Waals surface area contributed by atoms with Gasteiger partial charge < -0.3 is 11.1 Å². The third-order valence-electron chi connectivity index (χ3n) is 2.39. The first-order valence-corrected chi connectivity index (χ1v) is 4.36. The lowest BCUT2D eigenvalue weighted by Crippen LogP contribution is -2.19. The van der Waals surface area contributed by atoms with Crippen LogP contribution in [0.4, 0.5) is 11.6 Å². The molecular formula is C8H12N4O. The predicted molar refractivity (Wildman–Crippen MR) is 49.2 cm³/mol. The molecule has 5 nitrogen and oxygen atoms in total. The second-order valence-electron chi connectivity index (χ2n) is 3.25. The molecule has 0 bridgehead atoms. The molecule has 0 aliphatic heterocycles. The Morgan fingerprint density at radius 2 is 2.46 bits per heavy atom. The molecule has 0 spiro atoms. The van der Waals surface area contributed by atoms with Crippen LogP contribution in [0.3, 0.4) is 0 Å². The summed E-state index contributed by atoms with van der Waals surface area (Å²) in [6.45, 7) is 0. The first-order valence-electron chi connectivity index (χ1n) is 4.36. The quantitative estimate of drug-likeness (QED) is 0.674. The molecule has 1 saturated carbocycles. The average Bonchev–Trinajstić information content (AvgIpc) is 2.30. The Bertz CT molecular complexity index is 316. The molecule has 13 heavy (non-hydrogen) atoms. The molecule has 1 aromatic heterocycles. The first kappa shape index (κ1) is 8.10. The van der Waals surface area contributed by atoms with Gasteiger partial charge in [0.2, 0.25) is 6.41 Å². The van der Waals surface area contributed by atoms with Gasteiger partial charge in [0.25, 0.3) is 0 Å². The van der Waals surface area contributed by atoms with Crippen molar-refractivity contribution < 1.29 is 4.79 Å². The van der Waals surface area contributed by atoms with Gasteiger partial charge in [-0.05, 0) is 19.3 Å². The number of hydrogen-bond donors (Lipinski definition) is 2. The molecule has 3 N–H and O–H groups in total. The zero-order chi connectivity index (χ0) is 9.26. The van der Waals surface area contributed by atoms with E-state index in [2.05, 4.69) is 10.4 Å². The fourth-order valence-corrected chi connectivity index (χ4v) is 1.46. The third kappa shape index (κ3) is 1.37. The summed E-state index contributed by atoms with van der Waals surface area (Å²) in [5, 5.41) is 6.65. The van der Waals surface area contributed by atoms with Crippen LogP contribution in [0.15, 0.2) is 6.07 Å². The van der Waals surface area contributed by atoms with Crippen LogP contribution in [0.1, 0.15) is 25.3 Å². The third-order valence-corrected chi connectivity index (χ3v) is 2.39. The van der Waals surface area contributed by atoms with E-state index in [1.165, 1.54) is 6.42 Å². The number of carbonyl (C=O) groups excluding carboxylic acids is 1. The van der Waals surface area contributed by atoms with E-state index in [4.69, 9.17) is 5.73 Å². The molecule has 0 atom stereocenters. The van der Waals surface area contributed by atoms with Crippen LogP contribution in [0, 0.1) is 0 Å². The van der Waals surface area contributed by atoms with Gasteiger partial charge in [-0.25, -0.2) is 4.68 Å².